The van der Waals surface area contributed by atoms with Crippen LogP contribution in [0.2, 0.25) is 0 Å². The van der Waals surface area contributed by atoms with E-state index in [1.54, 1.807) is 48.9 Å². The van der Waals surface area contributed by atoms with Crippen molar-refractivity contribution in [1.29, 1.82) is 0 Å². The number of hydrogen-bond donors (Lipinski definition) is 1. The molecule has 6 heteroatoms. The van der Waals surface area contributed by atoms with Crippen molar-refractivity contribution in [2.24, 2.45) is 12.8 Å². The maximum atomic E-state index is 12.7. The molecule has 24 heavy (non-hydrogen) atoms. The Morgan fingerprint density at radius 1 is 1.12 bits per heavy atom. The third kappa shape index (κ3) is 2.52. The minimum atomic E-state index is -0.599. The summed E-state index contributed by atoms with van der Waals surface area (Å²) in [5.41, 5.74) is 7.11. The molecule has 0 aliphatic rings. The van der Waals surface area contributed by atoms with E-state index in [1.807, 2.05) is 6.07 Å². The molecule has 0 atom stereocenters. The number of nitrogens with zero attached hydrogens (tertiary/aromatic N) is 2. The van der Waals surface area contributed by atoms with Crippen LogP contribution in [0.5, 0.6) is 0 Å². The van der Waals surface area contributed by atoms with Gasteiger partial charge in [-0.15, -0.1) is 0 Å². The number of fused-ring (bicyclic) bond motifs is 1. The molecule has 122 valence electrons. The van der Waals surface area contributed by atoms with E-state index in [-0.39, 0.29) is 23.6 Å². The zero-order chi connectivity index (χ0) is 17.4. The van der Waals surface area contributed by atoms with Gasteiger partial charge in [0.05, 0.1) is 17.4 Å². The summed E-state index contributed by atoms with van der Waals surface area (Å²) in [4.78, 5) is 36.6. The van der Waals surface area contributed by atoms with E-state index in [4.69, 9.17) is 5.73 Å². The monoisotopic (exact) mass is 323 g/mol. The Morgan fingerprint density at radius 2 is 1.79 bits per heavy atom. The molecule has 2 aromatic heterocycles. The number of benzene rings is 1. The number of nitrogens with two attached hydrogens (primary N) is 1. The van der Waals surface area contributed by atoms with Crippen molar-refractivity contribution in [3.05, 3.63) is 69.8 Å². The molecule has 0 saturated heterocycles. The molecule has 1 amide bonds. The topological polar surface area (TPSA) is 87.1 Å². The predicted molar refractivity (Wildman–Crippen MR) is 91.2 cm³/mol. The lowest BCUT2D eigenvalue weighted by molar-refractivity contribution is 0.0967. The first-order valence-electron chi connectivity index (χ1n) is 7.48. The summed E-state index contributed by atoms with van der Waals surface area (Å²) < 4.78 is 3.01. The smallest absolute Gasteiger partial charge is 0.265 e. The van der Waals surface area contributed by atoms with Crippen LogP contribution in [0, 0.1) is 6.92 Å². The average Bonchev–Trinajstić information content (AvgIpc) is 2.89. The van der Waals surface area contributed by atoms with Gasteiger partial charge in [0.1, 0.15) is 5.69 Å². The number of carbonyl (C=O) groups excluding carboxylic acids is 2. The lowest BCUT2D eigenvalue weighted by Gasteiger charge is -2.10. The molecule has 0 saturated carbocycles. The largest absolute Gasteiger partial charge is 0.364 e. The summed E-state index contributed by atoms with van der Waals surface area (Å²) in [6, 6.07) is 12.1. The maximum absolute atomic E-state index is 12.7. The van der Waals surface area contributed by atoms with Gasteiger partial charge in [0.15, 0.2) is 5.78 Å². The highest BCUT2D eigenvalue weighted by molar-refractivity contribution is 5.98. The van der Waals surface area contributed by atoms with Gasteiger partial charge in [0.25, 0.3) is 11.5 Å². The standard InChI is InChI=1S/C18H17N3O3/c1-11-8-14-13(9-15(17(19)23)20(14)2)18(24)21(11)10-16(22)12-6-4-3-5-7-12/h3-9H,10H2,1-2H3,(H2,19,23). The predicted octanol–water partition coefficient (Wildman–Crippen LogP) is 1.63. The molecule has 0 fully saturated rings. The van der Waals surface area contributed by atoms with Crippen LogP contribution >= 0.6 is 0 Å². The molecule has 0 bridgehead atoms. The summed E-state index contributed by atoms with van der Waals surface area (Å²) in [5.74, 6) is -0.746. The fourth-order valence-corrected chi connectivity index (χ4v) is 2.84. The van der Waals surface area contributed by atoms with Gasteiger partial charge in [0.2, 0.25) is 0 Å². The van der Waals surface area contributed by atoms with Crippen molar-refractivity contribution in [1.82, 2.24) is 9.13 Å². The first kappa shape index (κ1) is 15.7. The zero-order valence-corrected chi connectivity index (χ0v) is 13.4. The zero-order valence-electron chi connectivity index (χ0n) is 13.4. The lowest BCUT2D eigenvalue weighted by Crippen LogP contribution is -2.26. The van der Waals surface area contributed by atoms with Crippen molar-refractivity contribution in [3.63, 3.8) is 0 Å². The molecule has 0 unspecified atom stereocenters. The van der Waals surface area contributed by atoms with Gasteiger partial charge in [-0.1, -0.05) is 30.3 Å². The van der Waals surface area contributed by atoms with Crippen LogP contribution in [0.4, 0.5) is 0 Å². The lowest BCUT2D eigenvalue weighted by atomic mass is 10.1. The molecule has 0 radical (unpaired) electrons. The number of pyridine rings is 1. The van der Waals surface area contributed by atoms with Crippen LogP contribution in [-0.4, -0.2) is 20.8 Å². The number of hydrogen-bond acceptors (Lipinski definition) is 3. The molecule has 6 nitrogen and oxygen atoms in total. The number of aromatic nitrogens is 2. The normalized spacial score (nSPS) is 10.9. The Kier molecular flexibility index (Phi) is 3.81. The Labute approximate surface area is 138 Å². The van der Waals surface area contributed by atoms with Gasteiger partial charge in [-0.05, 0) is 19.1 Å². The Bertz CT molecular complexity index is 1010. The fourth-order valence-electron chi connectivity index (χ4n) is 2.84. The second-order valence-corrected chi connectivity index (χ2v) is 5.72. The highest BCUT2D eigenvalue weighted by Crippen LogP contribution is 2.17. The number of primary amides is 1. The van der Waals surface area contributed by atoms with Gasteiger partial charge in [0, 0.05) is 18.3 Å². The first-order valence-corrected chi connectivity index (χ1v) is 7.48. The number of aryl methyl sites for hydroxylation is 2. The second kappa shape index (κ2) is 5.81. The second-order valence-electron chi connectivity index (χ2n) is 5.72. The fraction of sp³-hybridized carbons (Fsp3) is 0.167. The average molecular weight is 323 g/mol. The third-order valence-corrected chi connectivity index (χ3v) is 4.18. The van der Waals surface area contributed by atoms with E-state index < -0.39 is 5.91 Å². The van der Waals surface area contributed by atoms with E-state index >= 15 is 0 Å². The molecule has 1 aromatic carbocycles. The van der Waals surface area contributed by atoms with Crippen LogP contribution in [0.3, 0.4) is 0 Å². The first-order chi connectivity index (χ1) is 11.4. The van der Waals surface area contributed by atoms with Crippen LogP contribution < -0.4 is 11.3 Å². The third-order valence-electron chi connectivity index (χ3n) is 4.18. The molecular weight excluding hydrogens is 306 g/mol. The van der Waals surface area contributed by atoms with Crippen LogP contribution in [0.15, 0.2) is 47.3 Å². The number of rotatable bonds is 4. The quantitative estimate of drug-likeness (QED) is 0.740. The minimum Gasteiger partial charge on any atom is -0.364 e. The van der Waals surface area contributed by atoms with Crippen molar-refractivity contribution < 1.29 is 9.59 Å². The highest BCUT2D eigenvalue weighted by atomic mass is 16.1. The number of ketones is 1. The van der Waals surface area contributed by atoms with Crippen molar-refractivity contribution in [2.45, 2.75) is 13.5 Å². The van der Waals surface area contributed by atoms with Gasteiger partial charge in [-0.2, -0.15) is 0 Å². The van der Waals surface area contributed by atoms with Gasteiger partial charge in [-0.3, -0.25) is 14.4 Å². The van der Waals surface area contributed by atoms with Gasteiger partial charge >= 0.3 is 0 Å². The molecule has 3 rings (SSSR count). The summed E-state index contributed by atoms with van der Waals surface area (Å²) in [6.45, 7) is 1.71. The van der Waals surface area contributed by atoms with Crippen LogP contribution in [0.1, 0.15) is 26.5 Å². The van der Waals surface area contributed by atoms with E-state index in [9.17, 15) is 14.4 Å². The Morgan fingerprint density at radius 3 is 2.42 bits per heavy atom. The highest BCUT2D eigenvalue weighted by Gasteiger charge is 2.17. The number of Topliss-reactive ketones (excluding diaryl/α,β-unsaturated/α-hetero) is 1. The van der Waals surface area contributed by atoms with Crippen LogP contribution in [-0.2, 0) is 13.6 Å². The van der Waals surface area contributed by atoms with Gasteiger partial charge in [-0.25, -0.2) is 0 Å². The number of carbonyl (C=O) groups is 2. The maximum Gasteiger partial charge on any atom is 0.265 e. The molecular formula is C18H17N3O3. The van der Waals surface area contributed by atoms with Crippen molar-refractivity contribution in [3.8, 4) is 0 Å². The van der Waals surface area contributed by atoms with E-state index in [1.165, 1.54) is 10.6 Å². The molecule has 0 spiro atoms. The summed E-state index contributed by atoms with van der Waals surface area (Å²) in [7, 11) is 1.68. The molecule has 0 aliphatic carbocycles. The van der Waals surface area contributed by atoms with Gasteiger partial charge < -0.3 is 14.9 Å². The molecule has 0 aliphatic heterocycles. The van der Waals surface area contributed by atoms with Crippen LogP contribution in [0.25, 0.3) is 10.9 Å². The molecule has 3 aromatic rings. The Balaban J connectivity index is 2.11. The summed E-state index contributed by atoms with van der Waals surface area (Å²) in [6.07, 6.45) is 0. The van der Waals surface area contributed by atoms with E-state index in [0.717, 1.165) is 0 Å². The summed E-state index contributed by atoms with van der Waals surface area (Å²) in [5, 5.41) is 0.373. The number of amides is 1. The van der Waals surface area contributed by atoms with Crippen molar-refractivity contribution >= 4 is 22.6 Å². The van der Waals surface area contributed by atoms with E-state index in [2.05, 4.69) is 0 Å². The Hall–Kier alpha value is -3.15. The molecule has 2 N–H and O–H groups in total. The molecule has 2 heterocycles. The van der Waals surface area contributed by atoms with Crippen molar-refractivity contribution in [2.75, 3.05) is 0 Å². The summed E-state index contributed by atoms with van der Waals surface area (Å²) >= 11 is 0. The minimum absolute atomic E-state index is 0.0502. The SMILES string of the molecule is Cc1cc2c(cc(C(N)=O)n2C)c(=O)n1CC(=O)c1ccccc1. The van der Waals surface area contributed by atoms with E-state index in [0.29, 0.717) is 22.2 Å².